The molecule has 3 N–H and O–H groups in total. The zero-order valence-corrected chi connectivity index (χ0v) is 12.0. The lowest BCUT2D eigenvalue weighted by Gasteiger charge is -2.32. The summed E-state index contributed by atoms with van der Waals surface area (Å²) in [5.41, 5.74) is 9.97. The highest BCUT2D eigenvalue weighted by molar-refractivity contribution is 5.36. The topological polar surface area (TPSA) is 38.0 Å². The average molecular weight is 234 g/mol. The zero-order chi connectivity index (χ0) is 13.2. The summed E-state index contributed by atoms with van der Waals surface area (Å²) >= 11 is 0. The fraction of sp³-hybridized carbons (Fsp3) is 0.600. The minimum Gasteiger partial charge on any atom is -0.324 e. The van der Waals surface area contributed by atoms with Crippen LogP contribution in [0.2, 0.25) is 0 Å². The number of hydrogen-bond acceptors (Lipinski definition) is 2. The molecule has 17 heavy (non-hydrogen) atoms. The number of benzene rings is 1. The molecule has 1 rings (SSSR count). The van der Waals surface area contributed by atoms with Gasteiger partial charge in [0.2, 0.25) is 0 Å². The number of hydrogen-bond donors (Lipinski definition) is 2. The highest BCUT2D eigenvalue weighted by Crippen LogP contribution is 2.28. The SMILES string of the molecule is CNC(c1cc(C(C)C)ccc1C)C(C)(C)N. The molecule has 0 spiro atoms. The lowest BCUT2D eigenvalue weighted by atomic mass is 9.85. The maximum absolute atomic E-state index is 6.25. The standard InChI is InChI=1S/C15H26N2/c1-10(2)12-8-7-11(3)13(9-12)14(17-6)15(4,5)16/h7-10,14,17H,16H2,1-6H3. The summed E-state index contributed by atoms with van der Waals surface area (Å²) in [5, 5.41) is 3.34. The zero-order valence-electron chi connectivity index (χ0n) is 12.0. The van der Waals surface area contributed by atoms with Crippen LogP contribution < -0.4 is 11.1 Å². The van der Waals surface area contributed by atoms with Crippen molar-refractivity contribution in [1.29, 1.82) is 0 Å². The summed E-state index contributed by atoms with van der Waals surface area (Å²) in [4.78, 5) is 0. The van der Waals surface area contributed by atoms with E-state index in [1.807, 2.05) is 7.05 Å². The van der Waals surface area contributed by atoms with Gasteiger partial charge in [-0.3, -0.25) is 0 Å². The van der Waals surface area contributed by atoms with Crippen molar-refractivity contribution in [2.75, 3.05) is 7.05 Å². The molecule has 1 aromatic rings. The number of nitrogens with two attached hydrogens (primary N) is 1. The number of rotatable bonds is 4. The first-order chi connectivity index (χ1) is 7.77. The summed E-state index contributed by atoms with van der Waals surface area (Å²) in [7, 11) is 1.97. The molecule has 0 aliphatic carbocycles. The highest BCUT2D eigenvalue weighted by Gasteiger charge is 2.26. The third-order valence-corrected chi connectivity index (χ3v) is 3.31. The fourth-order valence-corrected chi connectivity index (χ4v) is 2.26. The molecule has 2 nitrogen and oxygen atoms in total. The smallest absolute Gasteiger partial charge is 0.0497 e. The van der Waals surface area contributed by atoms with Crippen LogP contribution in [-0.2, 0) is 0 Å². The number of nitrogens with one attached hydrogen (secondary N) is 1. The van der Waals surface area contributed by atoms with E-state index in [1.165, 1.54) is 16.7 Å². The summed E-state index contributed by atoms with van der Waals surface area (Å²) in [5.74, 6) is 0.549. The first kappa shape index (κ1) is 14.2. The molecule has 2 heteroatoms. The van der Waals surface area contributed by atoms with Gasteiger partial charge in [-0.25, -0.2) is 0 Å². The van der Waals surface area contributed by atoms with E-state index in [1.54, 1.807) is 0 Å². The second-order valence-electron chi connectivity index (χ2n) is 5.81. The van der Waals surface area contributed by atoms with Crippen LogP contribution in [0.3, 0.4) is 0 Å². The molecule has 0 aromatic heterocycles. The first-order valence-electron chi connectivity index (χ1n) is 6.34. The predicted octanol–water partition coefficient (Wildman–Crippen LogP) is 3.12. The van der Waals surface area contributed by atoms with Crippen LogP contribution in [0.25, 0.3) is 0 Å². The van der Waals surface area contributed by atoms with Gasteiger partial charge in [-0.1, -0.05) is 32.0 Å². The first-order valence-corrected chi connectivity index (χ1v) is 6.34. The molecule has 0 bridgehead atoms. The quantitative estimate of drug-likeness (QED) is 0.840. The second-order valence-corrected chi connectivity index (χ2v) is 5.81. The van der Waals surface area contributed by atoms with Crippen molar-refractivity contribution >= 4 is 0 Å². The van der Waals surface area contributed by atoms with Gasteiger partial charge in [-0.2, -0.15) is 0 Å². The third kappa shape index (κ3) is 3.30. The molecule has 96 valence electrons. The van der Waals surface area contributed by atoms with Crippen molar-refractivity contribution in [3.63, 3.8) is 0 Å². The molecule has 1 unspecified atom stereocenters. The largest absolute Gasteiger partial charge is 0.324 e. The van der Waals surface area contributed by atoms with Crippen LogP contribution >= 0.6 is 0 Å². The minimum atomic E-state index is -0.269. The third-order valence-electron chi connectivity index (χ3n) is 3.31. The molecule has 0 saturated carbocycles. The van der Waals surface area contributed by atoms with Gasteiger partial charge in [0.15, 0.2) is 0 Å². The molecule has 0 aliphatic rings. The lowest BCUT2D eigenvalue weighted by Crippen LogP contribution is -2.45. The Labute approximate surface area is 106 Å². The Morgan fingerprint density at radius 2 is 1.82 bits per heavy atom. The van der Waals surface area contributed by atoms with Gasteiger partial charge < -0.3 is 11.1 Å². The summed E-state index contributed by atoms with van der Waals surface area (Å²) < 4.78 is 0. The summed E-state index contributed by atoms with van der Waals surface area (Å²) in [6.07, 6.45) is 0. The Kier molecular flexibility index (Phi) is 4.34. The van der Waals surface area contributed by atoms with Crippen molar-refractivity contribution in [3.05, 3.63) is 34.9 Å². The van der Waals surface area contributed by atoms with E-state index in [0.717, 1.165) is 0 Å². The van der Waals surface area contributed by atoms with Crippen molar-refractivity contribution in [3.8, 4) is 0 Å². The summed E-state index contributed by atoms with van der Waals surface area (Å²) in [6.45, 7) is 10.7. The van der Waals surface area contributed by atoms with Crippen molar-refractivity contribution in [2.24, 2.45) is 5.73 Å². The van der Waals surface area contributed by atoms with Crippen molar-refractivity contribution in [2.45, 2.75) is 52.1 Å². The Bertz CT molecular complexity index is 375. The molecule has 0 aliphatic heterocycles. The predicted molar refractivity (Wildman–Crippen MR) is 75.3 cm³/mol. The van der Waals surface area contributed by atoms with Gasteiger partial charge in [0.05, 0.1) is 0 Å². The Hall–Kier alpha value is -0.860. The Morgan fingerprint density at radius 3 is 2.24 bits per heavy atom. The van der Waals surface area contributed by atoms with E-state index in [0.29, 0.717) is 5.92 Å². The maximum Gasteiger partial charge on any atom is 0.0497 e. The van der Waals surface area contributed by atoms with Crippen molar-refractivity contribution < 1.29 is 0 Å². The van der Waals surface area contributed by atoms with Crippen LogP contribution in [-0.4, -0.2) is 12.6 Å². The van der Waals surface area contributed by atoms with E-state index in [4.69, 9.17) is 5.73 Å². The minimum absolute atomic E-state index is 0.182. The maximum atomic E-state index is 6.25. The highest BCUT2D eigenvalue weighted by atomic mass is 14.9. The Morgan fingerprint density at radius 1 is 1.24 bits per heavy atom. The average Bonchev–Trinajstić information content (AvgIpc) is 2.19. The molecule has 0 radical (unpaired) electrons. The van der Waals surface area contributed by atoms with Crippen LogP contribution in [0.15, 0.2) is 18.2 Å². The van der Waals surface area contributed by atoms with E-state index < -0.39 is 0 Å². The lowest BCUT2D eigenvalue weighted by molar-refractivity contribution is 0.368. The van der Waals surface area contributed by atoms with Crippen LogP contribution in [0.4, 0.5) is 0 Å². The molecule has 0 amide bonds. The molecular formula is C15H26N2. The fourth-order valence-electron chi connectivity index (χ4n) is 2.26. The molecular weight excluding hydrogens is 208 g/mol. The van der Waals surface area contributed by atoms with E-state index in [2.05, 4.69) is 58.1 Å². The Balaban J connectivity index is 3.23. The van der Waals surface area contributed by atoms with Crippen LogP contribution in [0, 0.1) is 6.92 Å². The molecule has 0 saturated heterocycles. The molecule has 0 fully saturated rings. The normalized spacial score (nSPS) is 14.1. The number of aryl methyl sites for hydroxylation is 1. The van der Waals surface area contributed by atoms with Gasteiger partial charge >= 0.3 is 0 Å². The molecule has 0 heterocycles. The number of likely N-dealkylation sites (N-methyl/N-ethyl adjacent to an activating group) is 1. The monoisotopic (exact) mass is 234 g/mol. The molecule has 1 atom stereocenters. The van der Waals surface area contributed by atoms with Gasteiger partial charge in [0, 0.05) is 11.6 Å². The van der Waals surface area contributed by atoms with Crippen LogP contribution in [0.5, 0.6) is 0 Å². The van der Waals surface area contributed by atoms with Gasteiger partial charge in [0.1, 0.15) is 0 Å². The van der Waals surface area contributed by atoms with E-state index in [-0.39, 0.29) is 11.6 Å². The van der Waals surface area contributed by atoms with Crippen LogP contribution in [0.1, 0.15) is 56.3 Å². The van der Waals surface area contributed by atoms with E-state index >= 15 is 0 Å². The van der Waals surface area contributed by atoms with Gasteiger partial charge in [-0.15, -0.1) is 0 Å². The summed E-state index contributed by atoms with van der Waals surface area (Å²) in [6, 6.07) is 6.87. The van der Waals surface area contributed by atoms with Gasteiger partial charge in [-0.05, 0) is 50.4 Å². The second kappa shape index (κ2) is 5.19. The van der Waals surface area contributed by atoms with Crippen molar-refractivity contribution in [1.82, 2.24) is 5.32 Å². The molecule has 1 aromatic carbocycles. The van der Waals surface area contributed by atoms with E-state index in [9.17, 15) is 0 Å². The van der Waals surface area contributed by atoms with Gasteiger partial charge in [0.25, 0.3) is 0 Å².